The van der Waals surface area contributed by atoms with E-state index in [0.29, 0.717) is 22.1 Å². The SMILES string of the molecule is CCCC1CC1Nc1c(Br)cncc1[N+](=O)[O-]. The fourth-order valence-corrected chi connectivity index (χ4v) is 2.44. The summed E-state index contributed by atoms with van der Waals surface area (Å²) in [6.07, 6.45) is 6.28. The van der Waals surface area contributed by atoms with Crippen molar-refractivity contribution in [2.75, 3.05) is 5.32 Å². The summed E-state index contributed by atoms with van der Waals surface area (Å²) >= 11 is 3.30. The van der Waals surface area contributed by atoms with Crippen molar-refractivity contribution in [3.05, 3.63) is 27.0 Å². The van der Waals surface area contributed by atoms with Crippen LogP contribution < -0.4 is 5.32 Å². The van der Waals surface area contributed by atoms with E-state index in [1.165, 1.54) is 12.6 Å². The second kappa shape index (κ2) is 5.00. The van der Waals surface area contributed by atoms with Crippen molar-refractivity contribution in [2.45, 2.75) is 32.2 Å². The van der Waals surface area contributed by atoms with Crippen molar-refractivity contribution >= 4 is 27.3 Å². The highest BCUT2D eigenvalue weighted by Crippen LogP contribution is 2.41. The molecular formula is C11H14BrN3O2. The lowest BCUT2D eigenvalue weighted by Gasteiger charge is -2.08. The molecule has 0 saturated heterocycles. The zero-order valence-corrected chi connectivity index (χ0v) is 11.1. The summed E-state index contributed by atoms with van der Waals surface area (Å²) in [5.41, 5.74) is 0.579. The van der Waals surface area contributed by atoms with Crippen molar-refractivity contribution in [3.63, 3.8) is 0 Å². The fraction of sp³-hybridized carbons (Fsp3) is 0.545. The van der Waals surface area contributed by atoms with Crippen LogP contribution in [-0.4, -0.2) is 15.9 Å². The fourth-order valence-electron chi connectivity index (χ4n) is 2.01. The van der Waals surface area contributed by atoms with E-state index < -0.39 is 4.92 Å². The minimum atomic E-state index is -0.405. The average molecular weight is 300 g/mol. The molecule has 17 heavy (non-hydrogen) atoms. The Morgan fingerprint density at radius 2 is 2.41 bits per heavy atom. The number of nitrogens with one attached hydrogen (secondary N) is 1. The Labute approximate surface area is 108 Å². The summed E-state index contributed by atoms with van der Waals surface area (Å²) in [7, 11) is 0. The Morgan fingerprint density at radius 1 is 1.65 bits per heavy atom. The molecule has 92 valence electrons. The predicted octanol–water partition coefficient (Wildman–Crippen LogP) is 3.35. The van der Waals surface area contributed by atoms with Crippen molar-refractivity contribution in [1.82, 2.24) is 4.98 Å². The molecule has 1 aromatic rings. The molecule has 0 aliphatic heterocycles. The number of rotatable bonds is 5. The van der Waals surface area contributed by atoms with E-state index in [9.17, 15) is 10.1 Å². The quantitative estimate of drug-likeness (QED) is 0.669. The third kappa shape index (κ3) is 2.74. The van der Waals surface area contributed by atoms with Crippen molar-refractivity contribution in [3.8, 4) is 0 Å². The highest BCUT2D eigenvalue weighted by Gasteiger charge is 2.37. The number of nitro groups is 1. The maximum Gasteiger partial charge on any atom is 0.311 e. The van der Waals surface area contributed by atoms with Crippen molar-refractivity contribution in [1.29, 1.82) is 0 Å². The number of nitrogens with zero attached hydrogens (tertiary/aromatic N) is 2. The summed E-state index contributed by atoms with van der Waals surface area (Å²) in [5.74, 6) is 0.652. The lowest BCUT2D eigenvalue weighted by atomic mass is 10.2. The lowest BCUT2D eigenvalue weighted by molar-refractivity contribution is -0.384. The first-order valence-corrected chi connectivity index (χ1v) is 6.47. The summed E-state index contributed by atoms with van der Waals surface area (Å²) in [6.45, 7) is 2.15. The number of halogens is 1. The first-order chi connectivity index (χ1) is 8.13. The van der Waals surface area contributed by atoms with Gasteiger partial charge in [-0.05, 0) is 34.7 Å². The van der Waals surface area contributed by atoms with E-state index in [2.05, 4.69) is 33.2 Å². The predicted molar refractivity (Wildman–Crippen MR) is 69.0 cm³/mol. The van der Waals surface area contributed by atoms with Gasteiger partial charge in [-0.1, -0.05) is 13.3 Å². The molecular weight excluding hydrogens is 286 g/mol. The van der Waals surface area contributed by atoms with Crippen LogP contribution in [0, 0.1) is 16.0 Å². The molecule has 1 aliphatic carbocycles. The molecule has 1 saturated carbocycles. The highest BCUT2D eigenvalue weighted by molar-refractivity contribution is 9.10. The van der Waals surface area contributed by atoms with E-state index in [-0.39, 0.29) is 5.69 Å². The first-order valence-electron chi connectivity index (χ1n) is 5.68. The van der Waals surface area contributed by atoms with E-state index in [4.69, 9.17) is 0 Å². The van der Waals surface area contributed by atoms with Crippen LogP contribution in [0.3, 0.4) is 0 Å². The normalized spacial score (nSPS) is 22.2. The molecule has 1 fully saturated rings. The van der Waals surface area contributed by atoms with Crippen LogP contribution in [-0.2, 0) is 0 Å². The highest BCUT2D eigenvalue weighted by atomic mass is 79.9. The van der Waals surface area contributed by atoms with Gasteiger partial charge in [-0.15, -0.1) is 0 Å². The van der Waals surface area contributed by atoms with Crippen molar-refractivity contribution in [2.24, 2.45) is 5.92 Å². The lowest BCUT2D eigenvalue weighted by Crippen LogP contribution is -2.08. The average Bonchev–Trinajstić information content (AvgIpc) is 3.00. The Kier molecular flexibility index (Phi) is 3.61. The molecule has 0 spiro atoms. The standard InChI is InChI=1S/C11H14BrN3O2/c1-2-3-7-4-9(7)14-11-8(12)5-13-6-10(11)15(16)17/h5-7,9H,2-4H2,1H3,(H,13,14). The molecule has 5 nitrogen and oxygen atoms in total. The van der Waals surface area contributed by atoms with Gasteiger partial charge in [0.25, 0.3) is 0 Å². The van der Waals surface area contributed by atoms with E-state index in [1.807, 2.05) is 0 Å². The number of anilines is 1. The minimum absolute atomic E-state index is 0.0292. The Hall–Kier alpha value is -1.17. The third-order valence-corrected chi connectivity index (χ3v) is 3.59. The zero-order valence-electron chi connectivity index (χ0n) is 9.52. The monoisotopic (exact) mass is 299 g/mol. The topological polar surface area (TPSA) is 68.1 Å². The molecule has 6 heteroatoms. The van der Waals surface area contributed by atoms with Crippen LogP contribution in [0.15, 0.2) is 16.9 Å². The van der Waals surface area contributed by atoms with Crippen molar-refractivity contribution < 1.29 is 4.92 Å². The zero-order chi connectivity index (χ0) is 12.4. The van der Waals surface area contributed by atoms with Crippen LogP contribution in [0.5, 0.6) is 0 Å². The summed E-state index contributed by atoms with van der Waals surface area (Å²) in [6, 6.07) is 0.368. The van der Waals surface area contributed by atoms with Gasteiger partial charge < -0.3 is 5.32 Å². The molecule has 2 unspecified atom stereocenters. The van der Waals surface area contributed by atoms with Gasteiger partial charge in [-0.3, -0.25) is 15.1 Å². The number of hydrogen-bond donors (Lipinski definition) is 1. The summed E-state index contributed by atoms with van der Waals surface area (Å²) < 4.78 is 0.647. The molecule has 0 bridgehead atoms. The van der Waals surface area contributed by atoms with Crippen LogP contribution in [0.4, 0.5) is 11.4 Å². The molecule has 1 N–H and O–H groups in total. The van der Waals surface area contributed by atoms with Gasteiger partial charge >= 0.3 is 5.69 Å². The first kappa shape index (κ1) is 12.3. The maximum absolute atomic E-state index is 10.9. The van der Waals surface area contributed by atoms with E-state index >= 15 is 0 Å². The molecule has 1 aromatic heterocycles. The second-order valence-electron chi connectivity index (χ2n) is 4.31. The molecule has 1 aliphatic rings. The van der Waals surface area contributed by atoms with Crippen LogP contribution >= 0.6 is 15.9 Å². The molecule has 0 aromatic carbocycles. The Balaban J connectivity index is 2.13. The second-order valence-corrected chi connectivity index (χ2v) is 5.16. The summed E-state index contributed by atoms with van der Waals surface area (Å²) in [4.78, 5) is 14.3. The van der Waals surface area contributed by atoms with Gasteiger partial charge in [-0.2, -0.15) is 0 Å². The van der Waals surface area contributed by atoms with Gasteiger partial charge in [-0.25, -0.2) is 0 Å². The van der Waals surface area contributed by atoms with Gasteiger partial charge in [0.1, 0.15) is 11.9 Å². The van der Waals surface area contributed by atoms with Crippen LogP contribution in [0.2, 0.25) is 0 Å². The largest absolute Gasteiger partial charge is 0.375 e. The van der Waals surface area contributed by atoms with Gasteiger partial charge in [0, 0.05) is 12.2 Å². The molecule has 1 heterocycles. The number of pyridine rings is 1. The third-order valence-electron chi connectivity index (χ3n) is 2.99. The van der Waals surface area contributed by atoms with Crippen LogP contribution in [0.25, 0.3) is 0 Å². The van der Waals surface area contributed by atoms with Gasteiger partial charge in [0.2, 0.25) is 0 Å². The maximum atomic E-state index is 10.9. The molecule has 2 atom stereocenters. The number of hydrogen-bond acceptors (Lipinski definition) is 4. The Morgan fingerprint density at radius 3 is 3.06 bits per heavy atom. The molecule has 0 radical (unpaired) electrons. The van der Waals surface area contributed by atoms with Gasteiger partial charge in [0.15, 0.2) is 0 Å². The number of aromatic nitrogens is 1. The smallest absolute Gasteiger partial charge is 0.311 e. The van der Waals surface area contributed by atoms with Crippen LogP contribution in [0.1, 0.15) is 26.2 Å². The van der Waals surface area contributed by atoms with E-state index in [0.717, 1.165) is 12.8 Å². The van der Waals surface area contributed by atoms with E-state index in [1.54, 1.807) is 6.20 Å². The van der Waals surface area contributed by atoms with Gasteiger partial charge in [0.05, 0.1) is 9.40 Å². The summed E-state index contributed by atoms with van der Waals surface area (Å²) in [5, 5.41) is 14.1. The minimum Gasteiger partial charge on any atom is -0.375 e. The molecule has 2 rings (SSSR count). The molecule has 0 amide bonds. The Bertz CT molecular complexity index is 439.